The fraction of sp³-hybridized carbons (Fsp3) is 0.647. The van der Waals surface area contributed by atoms with Crippen LogP contribution in [0.2, 0.25) is 0 Å². The third kappa shape index (κ3) is 2.35. The van der Waals surface area contributed by atoms with Gasteiger partial charge in [-0.05, 0) is 31.6 Å². The molecule has 0 amide bonds. The molecule has 0 nitrogen and oxygen atoms in total. The highest BCUT2D eigenvalue weighted by molar-refractivity contribution is 14.1. The summed E-state index contributed by atoms with van der Waals surface area (Å²) < 4.78 is 1.13. The summed E-state index contributed by atoms with van der Waals surface area (Å²) in [5, 5.41) is 0. The van der Waals surface area contributed by atoms with Gasteiger partial charge in [0.2, 0.25) is 0 Å². The Bertz CT molecular complexity index is 398. The van der Waals surface area contributed by atoms with Crippen molar-refractivity contribution in [2.75, 3.05) is 4.43 Å². The van der Waals surface area contributed by atoms with Crippen molar-refractivity contribution in [2.24, 2.45) is 17.3 Å². The molecule has 0 heterocycles. The van der Waals surface area contributed by atoms with Crippen molar-refractivity contribution in [3.8, 4) is 0 Å². The summed E-state index contributed by atoms with van der Waals surface area (Å²) in [5.74, 6) is 1.53. The molecular formula is C17H25I. The van der Waals surface area contributed by atoms with Gasteiger partial charge in [0.05, 0.1) is 0 Å². The van der Waals surface area contributed by atoms with Crippen LogP contribution in [0, 0.1) is 17.3 Å². The highest BCUT2D eigenvalue weighted by Crippen LogP contribution is 2.56. The van der Waals surface area contributed by atoms with E-state index in [1.165, 1.54) is 19.3 Å². The summed E-state index contributed by atoms with van der Waals surface area (Å²) in [6.07, 6.45) is 9.71. The van der Waals surface area contributed by atoms with Gasteiger partial charge in [-0.2, -0.15) is 0 Å². The Labute approximate surface area is 126 Å². The van der Waals surface area contributed by atoms with E-state index in [1.54, 1.807) is 16.7 Å². The van der Waals surface area contributed by atoms with E-state index >= 15 is 0 Å². The Hall–Kier alpha value is -0.0500. The molecule has 0 N–H and O–H groups in total. The fourth-order valence-electron chi connectivity index (χ4n) is 3.89. The second kappa shape index (κ2) is 5.52. The molecule has 0 aromatic carbocycles. The van der Waals surface area contributed by atoms with E-state index in [-0.39, 0.29) is 0 Å². The second-order valence-corrected chi connectivity index (χ2v) is 7.25. The minimum absolute atomic E-state index is 0.295. The summed E-state index contributed by atoms with van der Waals surface area (Å²) in [6.45, 7) is 11.2. The molecule has 0 spiro atoms. The largest absolute Gasteiger partial charge is 0.103 e. The lowest BCUT2D eigenvalue weighted by Crippen LogP contribution is -2.17. The van der Waals surface area contributed by atoms with Gasteiger partial charge in [0.25, 0.3) is 0 Å². The quantitative estimate of drug-likeness (QED) is 0.346. The van der Waals surface area contributed by atoms with Crippen molar-refractivity contribution in [3.05, 3.63) is 35.5 Å². The maximum Gasteiger partial charge on any atom is 0.0179 e. The van der Waals surface area contributed by atoms with E-state index in [0.717, 1.165) is 16.8 Å². The predicted molar refractivity (Wildman–Crippen MR) is 89.1 cm³/mol. The zero-order chi connectivity index (χ0) is 13.3. The molecule has 18 heavy (non-hydrogen) atoms. The van der Waals surface area contributed by atoms with Crippen LogP contribution < -0.4 is 0 Å². The first-order chi connectivity index (χ1) is 8.52. The van der Waals surface area contributed by atoms with E-state index in [2.05, 4.69) is 62.1 Å². The molecule has 0 aliphatic heterocycles. The van der Waals surface area contributed by atoms with Crippen LogP contribution in [-0.4, -0.2) is 4.43 Å². The standard InChI is InChI=1S/C17H25I/c1-5-6-13-14-8-7-12(2)11-16(14)17(3,4)15(13)9-10-18/h5,9,12-13H,1,6-8,10-11H2,2-4H3/b15-9+. The van der Waals surface area contributed by atoms with Gasteiger partial charge in [-0.25, -0.2) is 0 Å². The second-order valence-electron chi connectivity index (χ2n) is 6.37. The lowest BCUT2D eigenvalue weighted by atomic mass is 9.75. The van der Waals surface area contributed by atoms with Crippen molar-refractivity contribution >= 4 is 22.6 Å². The van der Waals surface area contributed by atoms with Crippen molar-refractivity contribution in [3.63, 3.8) is 0 Å². The number of allylic oxidation sites excluding steroid dienone is 5. The van der Waals surface area contributed by atoms with Crippen LogP contribution in [0.3, 0.4) is 0 Å². The van der Waals surface area contributed by atoms with Gasteiger partial charge in [-0.3, -0.25) is 0 Å². The third-order valence-corrected chi connectivity index (χ3v) is 5.26. The van der Waals surface area contributed by atoms with E-state index in [0.29, 0.717) is 11.3 Å². The first kappa shape index (κ1) is 14.4. The van der Waals surface area contributed by atoms with Crippen LogP contribution in [0.5, 0.6) is 0 Å². The molecule has 100 valence electrons. The van der Waals surface area contributed by atoms with E-state index < -0.39 is 0 Å². The van der Waals surface area contributed by atoms with Crippen LogP contribution in [0.25, 0.3) is 0 Å². The van der Waals surface area contributed by atoms with Crippen molar-refractivity contribution in [2.45, 2.75) is 46.5 Å². The fourth-order valence-corrected chi connectivity index (χ4v) is 4.36. The number of hydrogen-bond acceptors (Lipinski definition) is 0. The van der Waals surface area contributed by atoms with Crippen LogP contribution in [0.15, 0.2) is 35.5 Å². The molecule has 0 saturated carbocycles. The van der Waals surface area contributed by atoms with Gasteiger partial charge in [-0.1, -0.05) is 72.2 Å². The molecule has 2 rings (SSSR count). The third-order valence-electron chi connectivity index (χ3n) is 4.82. The van der Waals surface area contributed by atoms with E-state index in [1.807, 2.05) is 0 Å². The highest BCUT2D eigenvalue weighted by Gasteiger charge is 2.43. The lowest BCUT2D eigenvalue weighted by Gasteiger charge is -2.30. The SMILES string of the molecule is C=CCC1C2=C(CC(C)CC2)C(C)(C)/C1=C/CI. The minimum atomic E-state index is 0.295. The van der Waals surface area contributed by atoms with Gasteiger partial charge in [0.1, 0.15) is 0 Å². The Kier molecular flexibility index (Phi) is 4.40. The lowest BCUT2D eigenvalue weighted by molar-refractivity contribution is 0.438. The molecule has 0 fully saturated rings. The van der Waals surface area contributed by atoms with Crippen LogP contribution in [-0.2, 0) is 0 Å². The molecular weight excluding hydrogens is 331 g/mol. The number of hydrogen-bond donors (Lipinski definition) is 0. The summed E-state index contributed by atoms with van der Waals surface area (Å²) in [7, 11) is 0. The zero-order valence-corrected chi connectivity index (χ0v) is 14.1. The maximum absolute atomic E-state index is 3.97. The van der Waals surface area contributed by atoms with Gasteiger partial charge in [-0.15, -0.1) is 6.58 Å². The zero-order valence-electron chi connectivity index (χ0n) is 11.9. The highest BCUT2D eigenvalue weighted by atomic mass is 127. The molecule has 2 atom stereocenters. The first-order valence-corrected chi connectivity index (χ1v) is 8.64. The maximum atomic E-state index is 3.97. The van der Waals surface area contributed by atoms with E-state index in [4.69, 9.17) is 0 Å². The van der Waals surface area contributed by atoms with Gasteiger partial charge in [0.15, 0.2) is 0 Å². The topological polar surface area (TPSA) is 0 Å². The molecule has 1 heteroatoms. The minimum Gasteiger partial charge on any atom is -0.103 e. The van der Waals surface area contributed by atoms with Gasteiger partial charge in [0, 0.05) is 15.8 Å². The molecule has 0 aromatic rings. The van der Waals surface area contributed by atoms with Gasteiger partial charge < -0.3 is 0 Å². The van der Waals surface area contributed by atoms with E-state index in [9.17, 15) is 0 Å². The number of rotatable bonds is 3. The molecule has 2 unspecified atom stereocenters. The van der Waals surface area contributed by atoms with Crippen LogP contribution >= 0.6 is 22.6 Å². The van der Waals surface area contributed by atoms with Crippen LogP contribution in [0.4, 0.5) is 0 Å². The Morgan fingerprint density at radius 2 is 2.17 bits per heavy atom. The van der Waals surface area contributed by atoms with Gasteiger partial charge >= 0.3 is 0 Å². The molecule has 0 bridgehead atoms. The smallest absolute Gasteiger partial charge is 0.0179 e. The summed E-state index contributed by atoms with van der Waals surface area (Å²) in [6, 6.07) is 0. The number of halogens is 1. The average Bonchev–Trinajstić information content (AvgIpc) is 2.52. The average molecular weight is 356 g/mol. The summed E-state index contributed by atoms with van der Waals surface area (Å²) in [4.78, 5) is 0. The van der Waals surface area contributed by atoms with Crippen molar-refractivity contribution in [1.29, 1.82) is 0 Å². The molecule has 0 radical (unpaired) electrons. The number of alkyl halides is 1. The monoisotopic (exact) mass is 356 g/mol. The Morgan fingerprint density at radius 3 is 2.78 bits per heavy atom. The summed E-state index contributed by atoms with van der Waals surface area (Å²) in [5.41, 5.74) is 5.47. The molecule has 0 aromatic heterocycles. The predicted octanol–water partition coefficient (Wildman–Crippen LogP) is 5.70. The Morgan fingerprint density at radius 1 is 1.44 bits per heavy atom. The van der Waals surface area contributed by atoms with Crippen LogP contribution in [0.1, 0.15) is 46.5 Å². The normalized spacial score (nSPS) is 32.8. The summed E-state index contributed by atoms with van der Waals surface area (Å²) >= 11 is 2.47. The molecule has 2 aliphatic rings. The first-order valence-electron chi connectivity index (χ1n) is 7.12. The molecule has 2 aliphatic carbocycles. The molecule has 0 saturated heterocycles. The van der Waals surface area contributed by atoms with Crippen molar-refractivity contribution in [1.82, 2.24) is 0 Å². The Balaban J connectivity index is 2.44. The van der Waals surface area contributed by atoms with Crippen molar-refractivity contribution < 1.29 is 0 Å².